The van der Waals surface area contributed by atoms with Crippen molar-refractivity contribution in [2.45, 2.75) is 6.10 Å². The molecule has 0 saturated carbocycles. The van der Waals surface area contributed by atoms with E-state index in [-0.39, 0.29) is 5.57 Å². The lowest BCUT2D eigenvalue weighted by Crippen LogP contribution is -2.17. The third-order valence-corrected chi connectivity index (χ3v) is 3.19. The van der Waals surface area contributed by atoms with Gasteiger partial charge in [0.1, 0.15) is 5.75 Å². The Hall–Kier alpha value is -2.26. The topological polar surface area (TPSA) is 35.5 Å². The molecule has 2 aromatic carbocycles. The lowest BCUT2D eigenvalue weighted by Gasteiger charge is -2.20. The average molecular weight is 303 g/mol. The van der Waals surface area contributed by atoms with E-state index in [1.165, 1.54) is 7.11 Å². The lowest BCUT2D eigenvalue weighted by molar-refractivity contribution is -0.137. The number of carbonyl (C=O) groups is 1. The highest BCUT2D eigenvalue weighted by Crippen LogP contribution is 2.28. The Morgan fingerprint density at radius 1 is 1.10 bits per heavy atom. The Bertz CT molecular complexity index is 620. The van der Waals surface area contributed by atoms with Crippen LogP contribution in [-0.2, 0) is 9.53 Å². The first-order valence-corrected chi connectivity index (χ1v) is 6.74. The van der Waals surface area contributed by atoms with E-state index in [0.717, 1.165) is 5.56 Å². The molecule has 2 aromatic rings. The lowest BCUT2D eigenvalue weighted by atomic mass is 10.0. The molecule has 3 nitrogen and oxygen atoms in total. The van der Waals surface area contributed by atoms with Gasteiger partial charge in [0.05, 0.1) is 12.7 Å². The van der Waals surface area contributed by atoms with Crippen molar-refractivity contribution in [1.29, 1.82) is 0 Å². The van der Waals surface area contributed by atoms with Crippen LogP contribution in [0.5, 0.6) is 5.75 Å². The predicted octanol–water partition coefficient (Wildman–Crippen LogP) is 4.19. The zero-order valence-electron chi connectivity index (χ0n) is 11.6. The van der Waals surface area contributed by atoms with Crippen LogP contribution in [0.3, 0.4) is 0 Å². The number of halogens is 1. The molecule has 4 heteroatoms. The second kappa shape index (κ2) is 6.95. The molecule has 0 spiro atoms. The molecule has 0 aliphatic carbocycles. The summed E-state index contributed by atoms with van der Waals surface area (Å²) in [7, 11) is 1.31. The Balaban J connectivity index is 2.32. The van der Waals surface area contributed by atoms with E-state index in [0.29, 0.717) is 10.8 Å². The summed E-state index contributed by atoms with van der Waals surface area (Å²) >= 11 is 5.89. The predicted molar refractivity (Wildman–Crippen MR) is 82.4 cm³/mol. The SMILES string of the molecule is C=C(C(=O)OC)C(Oc1ccccc1)c1ccc(Cl)cc1. The van der Waals surface area contributed by atoms with Gasteiger partial charge in [0, 0.05) is 5.02 Å². The smallest absolute Gasteiger partial charge is 0.337 e. The van der Waals surface area contributed by atoms with Crippen LogP contribution in [0.1, 0.15) is 11.7 Å². The van der Waals surface area contributed by atoms with Gasteiger partial charge >= 0.3 is 5.97 Å². The number of hydrogen-bond donors (Lipinski definition) is 0. The maximum Gasteiger partial charge on any atom is 0.337 e. The molecule has 0 amide bonds. The van der Waals surface area contributed by atoms with Gasteiger partial charge in [-0.3, -0.25) is 0 Å². The maximum absolute atomic E-state index is 11.8. The van der Waals surface area contributed by atoms with E-state index in [1.807, 2.05) is 30.3 Å². The van der Waals surface area contributed by atoms with Crippen LogP contribution in [0.25, 0.3) is 0 Å². The Labute approximate surface area is 128 Å². The summed E-state index contributed by atoms with van der Waals surface area (Å²) in [6, 6.07) is 16.3. The van der Waals surface area contributed by atoms with E-state index in [2.05, 4.69) is 6.58 Å². The van der Waals surface area contributed by atoms with Gasteiger partial charge in [-0.05, 0) is 29.8 Å². The summed E-state index contributed by atoms with van der Waals surface area (Å²) in [5.41, 5.74) is 1.00. The molecule has 0 fully saturated rings. The van der Waals surface area contributed by atoms with E-state index < -0.39 is 12.1 Å². The molecule has 21 heavy (non-hydrogen) atoms. The van der Waals surface area contributed by atoms with E-state index in [4.69, 9.17) is 21.1 Å². The summed E-state index contributed by atoms with van der Waals surface area (Å²) in [6.07, 6.45) is -0.628. The van der Waals surface area contributed by atoms with Crippen molar-refractivity contribution in [1.82, 2.24) is 0 Å². The van der Waals surface area contributed by atoms with Gasteiger partial charge in [0.25, 0.3) is 0 Å². The van der Waals surface area contributed by atoms with Crippen LogP contribution in [0.15, 0.2) is 66.7 Å². The molecule has 2 rings (SSSR count). The number of benzene rings is 2. The standard InChI is InChI=1S/C17H15ClO3/c1-12(17(19)20-2)16(13-8-10-14(18)11-9-13)21-15-6-4-3-5-7-15/h3-11,16H,1H2,2H3. The highest BCUT2D eigenvalue weighted by molar-refractivity contribution is 6.30. The average Bonchev–Trinajstić information content (AvgIpc) is 2.53. The quantitative estimate of drug-likeness (QED) is 0.613. The van der Waals surface area contributed by atoms with Crippen molar-refractivity contribution < 1.29 is 14.3 Å². The van der Waals surface area contributed by atoms with Crippen molar-refractivity contribution in [2.75, 3.05) is 7.11 Å². The molecule has 1 unspecified atom stereocenters. The van der Waals surface area contributed by atoms with Crippen LogP contribution in [0, 0.1) is 0 Å². The number of ether oxygens (including phenoxy) is 2. The summed E-state index contributed by atoms with van der Waals surface area (Å²) in [5, 5.41) is 0.612. The number of para-hydroxylation sites is 1. The molecule has 0 N–H and O–H groups in total. The second-order valence-corrected chi connectivity index (χ2v) is 4.82. The maximum atomic E-state index is 11.8. The molecular formula is C17H15ClO3. The van der Waals surface area contributed by atoms with Crippen LogP contribution in [0.4, 0.5) is 0 Å². The molecule has 0 saturated heterocycles. The van der Waals surface area contributed by atoms with Crippen LogP contribution < -0.4 is 4.74 Å². The molecular weight excluding hydrogens is 288 g/mol. The molecule has 0 radical (unpaired) electrons. The number of methoxy groups -OCH3 is 1. The highest BCUT2D eigenvalue weighted by Gasteiger charge is 2.23. The van der Waals surface area contributed by atoms with Gasteiger partial charge in [-0.25, -0.2) is 4.79 Å². The molecule has 0 heterocycles. The van der Waals surface area contributed by atoms with Crippen LogP contribution in [-0.4, -0.2) is 13.1 Å². The van der Waals surface area contributed by atoms with Crippen LogP contribution >= 0.6 is 11.6 Å². The van der Waals surface area contributed by atoms with Crippen molar-refractivity contribution in [3.8, 4) is 5.75 Å². The zero-order valence-corrected chi connectivity index (χ0v) is 12.3. The first kappa shape index (κ1) is 15.1. The molecule has 1 atom stereocenters. The monoisotopic (exact) mass is 302 g/mol. The Kier molecular flexibility index (Phi) is 5.01. The van der Waals surface area contributed by atoms with E-state index in [9.17, 15) is 4.79 Å². The first-order chi connectivity index (χ1) is 10.1. The largest absolute Gasteiger partial charge is 0.481 e. The highest BCUT2D eigenvalue weighted by atomic mass is 35.5. The van der Waals surface area contributed by atoms with E-state index in [1.54, 1.807) is 24.3 Å². The van der Waals surface area contributed by atoms with Gasteiger partial charge in [0.15, 0.2) is 6.10 Å². The van der Waals surface area contributed by atoms with Crippen molar-refractivity contribution in [3.63, 3.8) is 0 Å². The summed E-state index contributed by atoms with van der Waals surface area (Å²) in [5.74, 6) is 0.133. The fraction of sp³-hybridized carbons (Fsp3) is 0.118. The molecule has 0 bridgehead atoms. The third-order valence-electron chi connectivity index (χ3n) is 2.93. The number of carbonyl (C=O) groups excluding carboxylic acids is 1. The van der Waals surface area contributed by atoms with Gasteiger partial charge in [-0.1, -0.05) is 48.5 Å². The fourth-order valence-corrected chi connectivity index (χ4v) is 1.98. The first-order valence-electron chi connectivity index (χ1n) is 6.36. The molecule has 108 valence electrons. The van der Waals surface area contributed by atoms with Crippen LogP contribution in [0.2, 0.25) is 5.02 Å². The minimum absolute atomic E-state index is 0.226. The Morgan fingerprint density at radius 3 is 2.29 bits per heavy atom. The van der Waals surface area contributed by atoms with Gasteiger partial charge in [0.2, 0.25) is 0 Å². The minimum Gasteiger partial charge on any atom is -0.481 e. The summed E-state index contributed by atoms with van der Waals surface area (Å²) < 4.78 is 10.6. The third kappa shape index (κ3) is 3.86. The molecule has 0 aliphatic heterocycles. The van der Waals surface area contributed by atoms with Crippen molar-refractivity contribution in [3.05, 3.63) is 77.3 Å². The van der Waals surface area contributed by atoms with Gasteiger partial charge in [-0.15, -0.1) is 0 Å². The van der Waals surface area contributed by atoms with E-state index >= 15 is 0 Å². The Morgan fingerprint density at radius 2 is 1.71 bits per heavy atom. The van der Waals surface area contributed by atoms with Gasteiger partial charge < -0.3 is 9.47 Å². The summed E-state index contributed by atoms with van der Waals surface area (Å²) in [4.78, 5) is 11.8. The molecule has 0 aromatic heterocycles. The number of hydrogen-bond acceptors (Lipinski definition) is 3. The minimum atomic E-state index is -0.628. The summed E-state index contributed by atoms with van der Waals surface area (Å²) in [6.45, 7) is 3.79. The number of esters is 1. The number of rotatable bonds is 5. The zero-order chi connectivity index (χ0) is 15.2. The van der Waals surface area contributed by atoms with Gasteiger partial charge in [-0.2, -0.15) is 0 Å². The van der Waals surface area contributed by atoms with Crippen molar-refractivity contribution in [2.24, 2.45) is 0 Å². The second-order valence-electron chi connectivity index (χ2n) is 4.38. The van der Waals surface area contributed by atoms with Crippen molar-refractivity contribution >= 4 is 17.6 Å². The fourth-order valence-electron chi connectivity index (χ4n) is 1.85. The molecule has 0 aliphatic rings. The normalized spacial score (nSPS) is 11.5.